The molecule has 0 fully saturated rings. The van der Waals surface area contributed by atoms with Crippen molar-refractivity contribution in [3.63, 3.8) is 0 Å². The van der Waals surface area contributed by atoms with E-state index in [4.69, 9.17) is 9.47 Å². The predicted octanol–water partition coefficient (Wildman–Crippen LogP) is 10.00. The third kappa shape index (κ3) is 6.63. The van der Waals surface area contributed by atoms with Crippen molar-refractivity contribution in [2.75, 3.05) is 32.2 Å². The van der Waals surface area contributed by atoms with Crippen molar-refractivity contribution in [3.8, 4) is 33.8 Å². The lowest BCUT2D eigenvalue weighted by Crippen LogP contribution is -2.20. The normalized spacial score (nSPS) is 15.1. The van der Waals surface area contributed by atoms with E-state index < -0.39 is 0 Å². The summed E-state index contributed by atoms with van der Waals surface area (Å²) in [6.07, 6.45) is 10.4. The number of para-hydroxylation sites is 2. The third-order valence-electron chi connectivity index (χ3n) is 11.7. The first-order valence-electron chi connectivity index (χ1n) is 19.3. The third-order valence-corrected chi connectivity index (χ3v) is 11.7. The maximum Gasteiger partial charge on any atom is 0.244 e. The second-order valence-corrected chi connectivity index (χ2v) is 14.8. The molecule has 15 rings (SSSR count). The molecule has 0 saturated carbocycles. The summed E-state index contributed by atoms with van der Waals surface area (Å²) in [6, 6.07) is 45.5. The molecular weight excluding hydrogens is 649 g/mol. The van der Waals surface area contributed by atoms with Crippen LogP contribution in [0.15, 0.2) is 121 Å². The Morgan fingerprint density at radius 1 is 0.453 bits per heavy atom. The van der Waals surface area contributed by atoms with Crippen molar-refractivity contribution in [3.05, 3.63) is 166 Å². The zero-order valence-electron chi connectivity index (χ0n) is 30.9. The van der Waals surface area contributed by atoms with Gasteiger partial charge in [-0.1, -0.05) is 97.1 Å². The number of hydrogen-bond acceptors (Lipinski definition) is 3. The highest BCUT2D eigenvalue weighted by molar-refractivity contribution is 5.81. The zero-order chi connectivity index (χ0) is 35.7. The number of ether oxygens (including phenoxy) is 2. The van der Waals surface area contributed by atoms with Crippen LogP contribution in [0.4, 0.5) is 11.4 Å². The molecule has 264 valence electrons. The van der Waals surface area contributed by atoms with Crippen molar-refractivity contribution in [1.29, 1.82) is 0 Å². The van der Waals surface area contributed by atoms with Crippen LogP contribution in [0.1, 0.15) is 44.5 Å². The van der Waals surface area contributed by atoms with Crippen LogP contribution in [0.25, 0.3) is 22.3 Å². The molecule has 53 heavy (non-hydrogen) atoms. The highest BCUT2D eigenvalue weighted by Gasteiger charge is 2.27. The summed E-state index contributed by atoms with van der Waals surface area (Å²) in [7, 11) is 3.55. The highest BCUT2D eigenvalue weighted by atomic mass is 16.5. The number of hydrogen-bond donors (Lipinski definition) is 0. The average molecular weight is 696 g/mol. The lowest BCUT2D eigenvalue weighted by Gasteiger charge is -2.19. The monoisotopic (exact) mass is 695 g/mol. The molecule has 0 aromatic heterocycles. The van der Waals surface area contributed by atoms with Gasteiger partial charge in [0.05, 0.1) is 14.2 Å². The fourth-order valence-corrected chi connectivity index (χ4v) is 8.70. The Labute approximate surface area is 314 Å². The summed E-state index contributed by atoms with van der Waals surface area (Å²) in [5, 5.41) is 0. The number of anilines is 1. The molecule has 1 heterocycles. The molecular formula is C49H47N2O2+. The summed E-state index contributed by atoms with van der Waals surface area (Å²) in [5.41, 5.74) is 18.8. The SMILES string of the molecule is COc1ccccc1-c1cc2ccc1CCc1ccc(c(N3C=[N+](c4cc5ccc4CCc4ccc(cc4-c4ccccc4OC)CC5)CC3)c1)CC2. The second-order valence-electron chi connectivity index (χ2n) is 14.8. The van der Waals surface area contributed by atoms with Gasteiger partial charge in [0.15, 0.2) is 0 Å². The lowest BCUT2D eigenvalue weighted by molar-refractivity contribution is -0.424. The van der Waals surface area contributed by atoms with Crippen LogP contribution >= 0.6 is 0 Å². The van der Waals surface area contributed by atoms with Crippen LogP contribution in [0.2, 0.25) is 0 Å². The van der Waals surface area contributed by atoms with Gasteiger partial charge < -0.3 is 9.47 Å². The maximum absolute atomic E-state index is 5.82. The van der Waals surface area contributed by atoms with Crippen LogP contribution in [-0.2, 0) is 51.4 Å². The Hall–Kier alpha value is -5.61. The van der Waals surface area contributed by atoms with E-state index in [1.165, 1.54) is 78.1 Å². The Morgan fingerprint density at radius 2 is 0.925 bits per heavy atom. The molecule has 8 aliphatic carbocycles. The largest absolute Gasteiger partial charge is 0.496 e. The van der Waals surface area contributed by atoms with Gasteiger partial charge in [-0.15, -0.1) is 0 Å². The molecule has 6 aromatic rings. The minimum Gasteiger partial charge on any atom is -0.496 e. The Balaban J connectivity index is 1.01. The molecule has 0 atom stereocenters. The smallest absolute Gasteiger partial charge is 0.244 e. The molecule has 0 unspecified atom stereocenters. The van der Waals surface area contributed by atoms with Gasteiger partial charge in [0, 0.05) is 11.1 Å². The van der Waals surface area contributed by atoms with Gasteiger partial charge in [0.2, 0.25) is 6.34 Å². The topological polar surface area (TPSA) is 24.7 Å². The second kappa shape index (κ2) is 14.4. The van der Waals surface area contributed by atoms with E-state index in [2.05, 4.69) is 137 Å². The number of benzene rings is 6. The summed E-state index contributed by atoms with van der Waals surface area (Å²) in [5.74, 6) is 1.87. The van der Waals surface area contributed by atoms with Crippen molar-refractivity contribution < 1.29 is 14.0 Å². The van der Waals surface area contributed by atoms with Gasteiger partial charge in [0.1, 0.15) is 36.0 Å². The Morgan fingerprint density at radius 3 is 1.55 bits per heavy atom. The standard InChI is InChI=1S/C49H47N2O2/c1-52-48-9-5-3-7-42(48)44-30-35-14-19-38(44)21-15-37-18-23-40(22-16-35)46(32-37)50-27-28-51(33-50)47-31-36-12-11-34-13-20-39(25-26-41(47)24-17-36)45(29-34)43-8-4-6-10-49(43)53-2/h3-10,13-14,17-20,23-24,29-33H,11-12,15-16,21-22,25-28H2,1-2H3/q+1. The molecule has 0 radical (unpaired) electrons. The van der Waals surface area contributed by atoms with Crippen molar-refractivity contribution in [2.24, 2.45) is 0 Å². The molecule has 0 saturated heterocycles. The van der Waals surface area contributed by atoms with Gasteiger partial charge in [-0.05, 0) is 131 Å². The Kier molecular flexibility index (Phi) is 9.05. The summed E-state index contributed by atoms with van der Waals surface area (Å²) in [6.45, 7) is 1.95. The van der Waals surface area contributed by atoms with Crippen LogP contribution in [0.5, 0.6) is 11.5 Å². The molecule has 8 bridgehead atoms. The number of aryl methyl sites for hydroxylation is 8. The molecule has 4 nitrogen and oxygen atoms in total. The van der Waals surface area contributed by atoms with Gasteiger partial charge in [-0.3, -0.25) is 0 Å². The van der Waals surface area contributed by atoms with Crippen molar-refractivity contribution in [2.45, 2.75) is 51.4 Å². The predicted molar refractivity (Wildman–Crippen MR) is 218 cm³/mol. The van der Waals surface area contributed by atoms with Gasteiger partial charge in [0.25, 0.3) is 0 Å². The van der Waals surface area contributed by atoms with Crippen LogP contribution in [0, 0.1) is 0 Å². The van der Waals surface area contributed by atoms with Gasteiger partial charge in [-0.2, -0.15) is 0 Å². The van der Waals surface area contributed by atoms with Crippen molar-refractivity contribution >= 4 is 17.7 Å². The van der Waals surface area contributed by atoms with Gasteiger partial charge >= 0.3 is 0 Å². The average Bonchev–Trinajstić information content (AvgIpc) is 3.69. The fourth-order valence-electron chi connectivity index (χ4n) is 8.70. The molecule has 1 aliphatic heterocycles. The lowest BCUT2D eigenvalue weighted by atomic mass is 9.89. The molecule has 0 N–H and O–H groups in total. The summed E-state index contributed by atoms with van der Waals surface area (Å²) < 4.78 is 14.1. The quantitative estimate of drug-likeness (QED) is 0.162. The summed E-state index contributed by atoms with van der Waals surface area (Å²) >= 11 is 0. The first-order valence-corrected chi connectivity index (χ1v) is 19.3. The highest BCUT2D eigenvalue weighted by Crippen LogP contribution is 2.37. The maximum atomic E-state index is 5.82. The molecule has 9 aliphatic rings. The van der Waals surface area contributed by atoms with E-state index in [0.29, 0.717) is 0 Å². The van der Waals surface area contributed by atoms with E-state index in [1.54, 1.807) is 14.2 Å². The molecule has 0 amide bonds. The minimum atomic E-state index is 0.935. The van der Waals surface area contributed by atoms with E-state index in [1.807, 2.05) is 0 Å². The zero-order valence-corrected chi connectivity index (χ0v) is 30.9. The van der Waals surface area contributed by atoms with Crippen LogP contribution in [-0.4, -0.2) is 38.2 Å². The first-order chi connectivity index (χ1) is 26.1. The van der Waals surface area contributed by atoms with E-state index in [0.717, 1.165) is 76.0 Å². The van der Waals surface area contributed by atoms with Crippen LogP contribution < -0.4 is 14.4 Å². The number of nitrogens with zero attached hydrogens (tertiary/aromatic N) is 2. The molecule has 0 spiro atoms. The summed E-state index contributed by atoms with van der Waals surface area (Å²) in [4.78, 5) is 2.52. The number of methoxy groups -OCH3 is 2. The van der Waals surface area contributed by atoms with E-state index in [9.17, 15) is 0 Å². The Bertz CT molecular complexity index is 2350. The van der Waals surface area contributed by atoms with Crippen LogP contribution in [0.3, 0.4) is 0 Å². The fraction of sp³-hybridized carbons (Fsp3) is 0.245. The van der Waals surface area contributed by atoms with Crippen molar-refractivity contribution in [1.82, 2.24) is 0 Å². The minimum absolute atomic E-state index is 0.935. The van der Waals surface area contributed by atoms with E-state index >= 15 is 0 Å². The first kappa shape index (κ1) is 33.2. The van der Waals surface area contributed by atoms with E-state index in [-0.39, 0.29) is 0 Å². The number of rotatable bonds is 6. The van der Waals surface area contributed by atoms with Gasteiger partial charge in [-0.25, -0.2) is 9.48 Å². The molecule has 6 aromatic carbocycles. The molecule has 4 heteroatoms.